The van der Waals surface area contributed by atoms with Gasteiger partial charge in [0.25, 0.3) is 0 Å². The first-order valence-electron chi connectivity index (χ1n) is 0. The molecular formula is Be5Pt. The van der Waals surface area contributed by atoms with E-state index in [9.17, 15) is 0 Å². The van der Waals surface area contributed by atoms with Crippen molar-refractivity contribution in [3.63, 3.8) is 0 Å². The van der Waals surface area contributed by atoms with Crippen LogP contribution in [0.3, 0.4) is 0 Å². The molecule has 0 aliphatic carbocycles. The molecule has 0 unspecified atom stereocenters. The maximum absolute atomic E-state index is 0. The Morgan fingerprint density at radius 1 is 0.333 bits per heavy atom. The summed E-state index contributed by atoms with van der Waals surface area (Å²) in [6.45, 7) is 0. The molecule has 0 spiro atoms. The van der Waals surface area contributed by atoms with Crippen molar-refractivity contribution in [1.82, 2.24) is 0 Å². The molecule has 0 N–H and O–H groups in total. The summed E-state index contributed by atoms with van der Waals surface area (Å²) in [6, 6.07) is 0. The third-order valence-electron chi connectivity index (χ3n) is 0. The molecule has 6 heavy (non-hydrogen) atoms. The van der Waals surface area contributed by atoms with Crippen molar-refractivity contribution in [3.8, 4) is 0 Å². The van der Waals surface area contributed by atoms with Gasteiger partial charge < -0.3 is 0 Å². The Bertz CT molecular complexity index is 3.90. The normalized spacial score (nSPS) is 0. The van der Waals surface area contributed by atoms with Crippen molar-refractivity contribution >= 4 is 50.6 Å². The van der Waals surface area contributed by atoms with E-state index in [4.69, 9.17) is 0 Å². The minimum atomic E-state index is 0. The molecule has 0 saturated heterocycles. The van der Waals surface area contributed by atoms with E-state index in [0.717, 1.165) is 0 Å². The monoisotopic (exact) mass is 240 g/mol. The van der Waals surface area contributed by atoms with Gasteiger partial charge in [0, 0.05) is 71.7 Å². The van der Waals surface area contributed by atoms with E-state index >= 15 is 0 Å². The van der Waals surface area contributed by atoms with Gasteiger partial charge in [0.1, 0.15) is 0 Å². The first-order chi connectivity index (χ1) is 0. The summed E-state index contributed by atoms with van der Waals surface area (Å²) in [5.41, 5.74) is 0. The van der Waals surface area contributed by atoms with Crippen LogP contribution in [0.5, 0.6) is 0 Å². The van der Waals surface area contributed by atoms with Crippen LogP contribution in [-0.2, 0) is 21.1 Å². The van der Waals surface area contributed by atoms with Gasteiger partial charge in [-0.15, -0.1) is 0 Å². The first-order valence-corrected chi connectivity index (χ1v) is 0. The molecule has 0 aromatic rings. The van der Waals surface area contributed by atoms with E-state index in [0.29, 0.717) is 0 Å². The van der Waals surface area contributed by atoms with Crippen LogP contribution in [0.15, 0.2) is 0 Å². The van der Waals surface area contributed by atoms with Crippen LogP contribution < -0.4 is 0 Å². The SMILES string of the molecule is [Be].[Be].[Be].[Be].[Be].[Pt]. The summed E-state index contributed by atoms with van der Waals surface area (Å²) < 4.78 is 0. The van der Waals surface area contributed by atoms with Crippen LogP contribution in [0.2, 0.25) is 0 Å². The van der Waals surface area contributed by atoms with Gasteiger partial charge in [0.05, 0.1) is 0 Å². The average Bonchev–Trinajstić information content (AvgIpc) is 0. The molecule has 20 valence electrons. The van der Waals surface area contributed by atoms with Gasteiger partial charge >= 0.3 is 0 Å². The Hall–Kier alpha value is 1.53. The smallest absolute Gasteiger partial charge is 0 e. The Balaban J connectivity index is 0. The maximum Gasteiger partial charge on any atom is 0 e. The average molecular weight is 240 g/mol. The molecule has 0 amide bonds. The van der Waals surface area contributed by atoms with E-state index in [1.54, 1.807) is 0 Å². The first kappa shape index (κ1) is 137. The number of hydrogen-bond donors (Lipinski definition) is 0. The predicted octanol–water partition coefficient (Wildman–Crippen LogP) is -1.91. The zero-order valence-electron chi connectivity index (χ0n) is 3.85. The zero-order valence-corrected chi connectivity index (χ0v) is 6.12. The summed E-state index contributed by atoms with van der Waals surface area (Å²) in [6.07, 6.45) is 0. The van der Waals surface area contributed by atoms with E-state index in [-0.39, 0.29) is 71.7 Å². The molecule has 0 aliphatic rings. The van der Waals surface area contributed by atoms with Crippen molar-refractivity contribution in [3.05, 3.63) is 0 Å². The molecule has 0 bridgehead atoms. The summed E-state index contributed by atoms with van der Waals surface area (Å²) in [4.78, 5) is 0. The minimum Gasteiger partial charge on any atom is 0 e. The summed E-state index contributed by atoms with van der Waals surface area (Å²) in [7, 11) is 0. The molecule has 0 rings (SSSR count). The summed E-state index contributed by atoms with van der Waals surface area (Å²) in [5, 5.41) is 0. The molecular weight excluding hydrogens is 240 g/mol. The van der Waals surface area contributed by atoms with Gasteiger partial charge in [0.2, 0.25) is 0 Å². The Morgan fingerprint density at radius 3 is 0.333 bits per heavy atom. The van der Waals surface area contributed by atoms with Crippen LogP contribution in [0.4, 0.5) is 0 Å². The Morgan fingerprint density at radius 2 is 0.333 bits per heavy atom. The second-order valence-electron chi connectivity index (χ2n) is 0. The summed E-state index contributed by atoms with van der Waals surface area (Å²) in [5.74, 6) is 0. The zero-order chi connectivity index (χ0) is 0. The third-order valence-corrected chi connectivity index (χ3v) is 0. The summed E-state index contributed by atoms with van der Waals surface area (Å²) >= 11 is 0. The van der Waals surface area contributed by atoms with Gasteiger partial charge in [0.15, 0.2) is 0 Å². The second-order valence-corrected chi connectivity index (χ2v) is 0. The molecule has 0 fully saturated rings. The molecule has 0 heterocycles. The minimum absolute atomic E-state index is 0. The molecule has 0 aliphatic heterocycles. The molecule has 10 radical (unpaired) electrons. The van der Waals surface area contributed by atoms with Crippen LogP contribution in [-0.4, -0.2) is 50.6 Å². The molecule has 0 atom stereocenters. The maximum atomic E-state index is 0. The standard InChI is InChI=1S/5Be.Pt. The van der Waals surface area contributed by atoms with Crippen molar-refractivity contribution in [1.29, 1.82) is 0 Å². The fraction of sp³-hybridized carbons (Fsp3) is 0. The largest absolute Gasteiger partial charge is 0 e. The number of rotatable bonds is 0. The van der Waals surface area contributed by atoms with Crippen LogP contribution in [0, 0.1) is 0 Å². The van der Waals surface area contributed by atoms with Gasteiger partial charge in [-0.3, -0.25) is 0 Å². The topological polar surface area (TPSA) is 0 Å². The van der Waals surface area contributed by atoms with Crippen molar-refractivity contribution < 1.29 is 21.1 Å². The van der Waals surface area contributed by atoms with E-state index in [1.165, 1.54) is 0 Å². The molecule has 6 heteroatoms. The molecule has 0 aromatic heterocycles. The van der Waals surface area contributed by atoms with E-state index in [1.807, 2.05) is 0 Å². The van der Waals surface area contributed by atoms with Crippen molar-refractivity contribution in [2.24, 2.45) is 0 Å². The Labute approximate surface area is 71.6 Å². The molecule has 0 nitrogen and oxygen atoms in total. The van der Waals surface area contributed by atoms with Gasteiger partial charge in [-0.25, -0.2) is 0 Å². The fourth-order valence-corrected chi connectivity index (χ4v) is 0. The fourth-order valence-electron chi connectivity index (χ4n) is 0. The van der Waals surface area contributed by atoms with Crippen LogP contribution >= 0.6 is 0 Å². The van der Waals surface area contributed by atoms with Gasteiger partial charge in [-0.2, -0.15) is 0 Å². The molecule has 0 aromatic carbocycles. The third kappa shape index (κ3) is 48.4. The van der Waals surface area contributed by atoms with Crippen molar-refractivity contribution in [2.45, 2.75) is 0 Å². The quantitative estimate of drug-likeness (QED) is 0.434. The van der Waals surface area contributed by atoms with E-state index < -0.39 is 0 Å². The van der Waals surface area contributed by atoms with Crippen molar-refractivity contribution in [2.75, 3.05) is 0 Å². The molecule has 0 saturated carbocycles. The predicted molar refractivity (Wildman–Crippen MR) is 28.8 cm³/mol. The van der Waals surface area contributed by atoms with E-state index in [2.05, 4.69) is 0 Å². The number of hydrogen-bond acceptors (Lipinski definition) is 0. The van der Waals surface area contributed by atoms with Gasteiger partial charge in [-0.05, 0) is 0 Å². The van der Waals surface area contributed by atoms with Crippen LogP contribution in [0.1, 0.15) is 0 Å². The Kier molecular flexibility index (Phi) is 1940. The van der Waals surface area contributed by atoms with Gasteiger partial charge in [-0.1, -0.05) is 0 Å². The second kappa shape index (κ2) is 85.1. The van der Waals surface area contributed by atoms with Crippen LogP contribution in [0.25, 0.3) is 0 Å².